The van der Waals surface area contributed by atoms with Crippen LogP contribution in [0, 0.1) is 3.80 Å². The second kappa shape index (κ2) is 17.3. The van der Waals surface area contributed by atoms with E-state index in [0.717, 1.165) is 85.1 Å². The molecule has 3 aromatic heterocycles. The first-order chi connectivity index (χ1) is 33.5. The van der Waals surface area contributed by atoms with Gasteiger partial charge in [-0.05, 0) is 35.4 Å². The summed E-state index contributed by atoms with van der Waals surface area (Å²) in [6.45, 7) is 21.3. The van der Waals surface area contributed by atoms with Gasteiger partial charge in [0.15, 0.2) is 0 Å². The van der Waals surface area contributed by atoms with E-state index >= 15 is 0 Å². The summed E-state index contributed by atoms with van der Waals surface area (Å²) in [5.74, 6) is 3.33. The van der Waals surface area contributed by atoms with Crippen LogP contribution >= 0.6 is 0 Å². The first kappa shape index (κ1) is 45.7. The zero-order chi connectivity index (χ0) is 48.7. The number of aromatic nitrogens is 4. The molecule has 0 fully saturated rings. The van der Waals surface area contributed by atoms with E-state index in [1.165, 1.54) is 49.9 Å². The summed E-state index contributed by atoms with van der Waals surface area (Å²) in [7, 11) is 0. The predicted molar refractivity (Wildman–Crippen MR) is 285 cm³/mol. The molecular formula is C63H60N4O2Pt. The van der Waals surface area contributed by atoms with E-state index in [1.54, 1.807) is 0 Å². The number of para-hydroxylation sites is 3. The fourth-order valence-electron chi connectivity index (χ4n) is 10.1. The average molecular weight is 1100 g/mol. The van der Waals surface area contributed by atoms with Gasteiger partial charge >= 0.3 is 346 Å². The number of aryl methyl sites for hydroxylation is 1. The van der Waals surface area contributed by atoms with Crippen molar-refractivity contribution in [1.29, 1.82) is 0 Å². The first-order valence-corrected chi connectivity index (χ1v) is 25.7. The van der Waals surface area contributed by atoms with Crippen molar-refractivity contribution in [3.8, 4) is 56.7 Å². The van der Waals surface area contributed by atoms with E-state index < -0.39 is 0 Å². The van der Waals surface area contributed by atoms with E-state index in [4.69, 9.17) is 14.5 Å². The Kier molecular flexibility index (Phi) is 11.3. The number of fused-ring (bicyclic) bond motifs is 5. The maximum atomic E-state index is 6.91. The maximum absolute atomic E-state index is 6.91. The van der Waals surface area contributed by atoms with Gasteiger partial charge < -0.3 is 4.74 Å². The standard InChI is InChI=1S/C63H60N4O2.Pt/c1-61(2,3)44-29-30-64-59(36-44)67-56-38-49(27-28-52(56)53-34-42-20-17-31-68-58(42)39-57(53)67)69-48-22-15-21-47(37-48)65-40-66(55-26-14-13-25-54(55)65)60-50(41-18-11-10-12-19-41)23-16-24-51(60)43-32-45(62(4,5)6)35-46(33-43)63(7,8)9;/h10-16,18-19,21-30,32-39H,17,20,31H2,1-9H3;. The van der Waals surface area contributed by atoms with Crippen LogP contribution in [0.25, 0.3) is 72.3 Å². The van der Waals surface area contributed by atoms with Crippen molar-refractivity contribution in [2.24, 2.45) is 0 Å². The Balaban J connectivity index is 1.06. The molecule has 7 aromatic carbocycles. The second-order valence-electron chi connectivity index (χ2n) is 22.0. The Hall–Kier alpha value is -6.75. The molecule has 0 amide bonds. The summed E-state index contributed by atoms with van der Waals surface area (Å²) in [6, 6.07) is 57.4. The number of pyridine rings is 1. The quantitative estimate of drug-likeness (QED) is 0.160. The summed E-state index contributed by atoms with van der Waals surface area (Å²) in [5.41, 5.74) is 16.2. The second-order valence-corrected chi connectivity index (χ2v) is 23.0. The molecule has 0 bridgehead atoms. The van der Waals surface area contributed by atoms with Crippen LogP contribution in [0.3, 0.4) is 0 Å². The van der Waals surface area contributed by atoms with Crippen LogP contribution in [-0.4, -0.2) is 25.3 Å². The van der Waals surface area contributed by atoms with Gasteiger partial charge in [0.25, 0.3) is 0 Å². The molecule has 4 heterocycles. The van der Waals surface area contributed by atoms with Crippen LogP contribution in [0.4, 0.5) is 0 Å². The third-order valence-electron chi connectivity index (χ3n) is 13.9. The number of rotatable bonds is 7. The molecule has 7 heteroatoms. The molecule has 0 saturated heterocycles. The van der Waals surface area contributed by atoms with Gasteiger partial charge in [-0.1, -0.05) is 20.8 Å². The van der Waals surface area contributed by atoms with Gasteiger partial charge in [-0.25, -0.2) is 0 Å². The van der Waals surface area contributed by atoms with Crippen molar-refractivity contribution in [2.45, 2.75) is 91.4 Å². The molecule has 1 aliphatic heterocycles. The number of nitrogens with zero attached hydrogens (tertiary/aromatic N) is 4. The van der Waals surface area contributed by atoms with E-state index in [-0.39, 0.29) is 16.2 Å². The SMILES string of the molecule is CC(C)(C)c1cc(-c2cccc(-c3ccccc3)c2-n2[c](=[Pt])n(-c3cccc(Oc4ccc5c6cc7c(cc6n(-c6cc(C(C)(C)C)ccn6)c5c4)OCCC7)c3)c3ccccc32)cc(C(C)(C)C)c1. The molecule has 10 aromatic rings. The first-order valence-electron chi connectivity index (χ1n) is 24.5. The van der Waals surface area contributed by atoms with Crippen LogP contribution in [0.2, 0.25) is 0 Å². The number of ether oxygens (including phenoxy) is 2. The number of benzene rings is 7. The summed E-state index contributed by atoms with van der Waals surface area (Å²) in [4.78, 5) is 4.97. The molecule has 0 saturated carbocycles. The van der Waals surface area contributed by atoms with Crippen molar-refractivity contribution in [3.05, 3.63) is 190 Å². The van der Waals surface area contributed by atoms with Crippen molar-refractivity contribution >= 4 is 32.8 Å². The Morgan fingerprint density at radius 2 is 1.16 bits per heavy atom. The molecular weight excluding hydrogens is 1040 g/mol. The van der Waals surface area contributed by atoms with E-state index in [2.05, 4.69) is 247 Å². The Morgan fingerprint density at radius 1 is 0.514 bits per heavy atom. The van der Waals surface area contributed by atoms with Gasteiger partial charge in [0.1, 0.15) is 5.75 Å². The van der Waals surface area contributed by atoms with Crippen LogP contribution < -0.4 is 9.47 Å². The van der Waals surface area contributed by atoms with Crippen LogP contribution in [0.15, 0.2) is 164 Å². The molecule has 70 heavy (non-hydrogen) atoms. The summed E-state index contributed by atoms with van der Waals surface area (Å²) in [5, 5.41) is 2.34. The Labute approximate surface area is 422 Å². The van der Waals surface area contributed by atoms with Crippen LogP contribution in [-0.2, 0) is 42.0 Å². The molecule has 354 valence electrons. The zero-order valence-corrected chi connectivity index (χ0v) is 43.9. The van der Waals surface area contributed by atoms with Crippen molar-refractivity contribution < 1.29 is 28.8 Å². The van der Waals surface area contributed by atoms with Crippen molar-refractivity contribution in [2.75, 3.05) is 6.61 Å². The van der Waals surface area contributed by atoms with E-state index in [1.807, 2.05) is 12.3 Å². The third kappa shape index (κ3) is 8.24. The van der Waals surface area contributed by atoms with Gasteiger partial charge in [0, 0.05) is 6.20 Å². The third-order valence-corrected chi connectivity index (χ3v) is 15.0. The van der Waals surface area contributed by atoms with Crippen LogP contribution in [0.1, 0.15) is 91.0 Å². The zero-order valence-electron chi connectivity index (χ0n) is 41.6. The molecule has 0 unspecified atom stereocenters. The van der Waals surface area contributed by atoms with Gasteiger partial charge in [-0.2, -0.15) is 0 Å². The fourth-order valence-corrected chi connectivity index (χ4v) is 11.2. The normalized spacial score (nSPS) is 13.2. The van der Waals surface area contributed by atoms with Crippen molar-refractivity contribution in [1.82, 2.24) is 18.7 Å². The molecule has 0 atom stereocenters. The summed E-state index contributed by atoms with van der Waals surface area (Å²) >= 11 is 2.54. The number of hydrogen-bond donors (Lipinski definition) is 0. The average Bonchev–Trinajstić information content (AvgIpc) is 3.82. The fraction of sp³-hybridized carbons (Fsp3) is 0.238. The summed E-state index contributed by atoms with van der Waals surface area (Å²) < 4.78 is 21.3. The molecule has 6 nitrogen and oxygen atoms in total. The molecule has 0 radical (unpaired) electrons. The Morgan fingerprint density at radius 3 is 1.87 bits per heavy atom. The van der Waals surface area contributed by atoms with Crippen LogP contribution in [0.5, 0.6) is 17.2 Å². The van der Waals surface area contributed by atoms with E-state index in [0.29, 0.717) is 0 Å². The monoisotopic (exact) mass is 1100 g/mol. The number of hydrogen-bond acceptors (Lipinski definition) is 3. The number of imidazole rings is 1. The minimum absolute atomic E-state index is 0.0354. The molecule has 0 spiro atoms. The van der Waals surface area contributed by atoms with E-state index in [9.17, 15) is 0 Å². The minimum atomic E-state index is -0.0397. The summed E-state index contributed by atoms with van der Waals surface area (Å²) in [6.07, 6.45) is 3.96. The molecule has 11 rings (SSSR count). The topological polar surface area (TPSA) is 46.1 Å². The predicted octanol–water partition coefficient (Wildman–Crippen LogP) is 16.3. The molecule has 0 N–H and O–H groups in total. The van der Waals surface area contributed by atoms with Crippen molar-refractivity contribution in [3.63, 3.8) is 0 Å². The molecule has 0 aliphatic carbocycles. The Bertz CT molecular complexity index is 3690. The van der Waals surface area contributed by atoms with Gasteiger partial charge in [-0.3, -0.25) is 0 Å². The van der Waals surface area contributed by atoms with Gasteiger partial charge in [-0.15, -0.1) is 0 Å². The van der Waals surface area contributed by atoms with Gasteiger partial charge in [0.2, 0.25) is 0 Å². The molecule has 1 aliphatic rings. The van der Waals surface area contributed by atoms with Gasteiger partial charge in [0.05, 0.1) is 6.61 Å².